The van der Waals surface area contributed by atoms with Crippen LogP contribution in [-0.4, -0.2) is 65.8 Å². The van der Waals surface area contributed by atoms with Gasteiger partial charge in [0, 0.05) is 17.3 Å². The standard InChI is InChI=1S/C39H37N3O8/c1-25-22-42(37(45)41-34(25)40-35(44)26-10-6-4-7-11-26)36-32-33(43)38(50-36,23-48-32)24-49-39(27-12-8-5-9-13-27,28-14-18-30(46-2)19-15-28)29-16-20-31(47-3)21-17-29/h4-22,32-33,36,43H,23-24H2,1-3H3,(H,40,41,44,45)/t32-,33+,36+,38+/m0/s1. The van der Waals surface area contributed by atoms with Crippen molar-refractivity contribution in [2.75, 3.05) is 32.8 Å². The monoisotopic (exact) mass is 675 g/mol. The van der Waals surface area contributed by atoms with Crippen molar-refractivity contribution in [3.05, 3.63) is 154 Å². The van der Waals surface area contributed by atoms with Gasteiger partial charge in [0.05, 0.1) is 27.4 Å². The van der Waals surface area contributed by atoms with Crippen molar-refractivity contribution in [3.63, 3.8) is 0 Å². The molecular weight excluding hydrogens is 638 g/mol. The second kappa shape index (κ2) is 13.5. The number of ether oxygens (including phenoxy) is 5. The lowest BCUT2D eigenvalue weighted by Crippen LogP contribution is -2.48. The van der Waals surface area contributed by atoms with E-state index in [1.54, 1.807) is 51.6 Å². The molecule has 1 aromatic heterocycles. The molecule has 4 aromatic carbocycles. The number of nitrogens with one attached hydrogen (secondary N) is 1. The fraction of sp³-hybridized carbons (Fsp3) is 0.256. The molecule has 2 bridgehead atoms. The fourth-order valence-corrected chi connectivity index (χ4v) is 6.69. The highest BCUT2D eigenvalue weighted by Crippen LogP contribution is 2.48. The number of nitrogens with zero attached hydrogens (tertiary/aromatic N) is 2. The number of hydrogen-bond donors (Lipinski definition) is 2. The van der Waals surface area contributed by atoms with Gasteiger partial charge in [0.25, 0.3) is 5.91 Å². The summed E-state index contributed by atoms with van der Waals surface area (Å²) in [7, 11) is 3.22. The lowest BCUT2D eigenvalue weighted by molar-refractivity contribution is -0.204. The number of aryl methyl sites for hydroxylation is 1. The third kappa shape index (κ3) is 5.84. The summed E-state index contributed by atoms with van der Waals surface area (Å²) in [5.41, 5.74) is 0.285. The minimum atomic E-state index is -1.32. The van der Waals surface area contributed by atoms with Gasteiger partial charge in [-0.2, -0.15) is 4.98 Å². The van der Waals surface area contributed by atoms with Gasteiger partial charge in [0.1, 0.15) is 40.7 Å². The largest absolute Gasteiger partial charge is 0.497 e. The SMILES string of the molecule is COc1ccc(C(OC[C@@]23CO[C@H]([C@H](n4cc(C)c(NC(=O)c5ccccc5)nc4=O)O2)[C@H]3O)(c2ccccc2)c2ccc(OC)cc2)cc1. The van der Waals surface area contributed by atoms with Gasteiger partial charge in [0.15, 0.2) is 6.23 Å². The first-order valence-electron chi connectivity index (χ1n) is 16.2. The summed E-state index contributed by atoms with van der Waals surface area (Å²) in [5.74, 6) is 1.12. The molecule has 2 aliphatic heterocycles. The zero-order valence-corrected chi connectivity index (χ0v) is 27.8. The number of rotatable bonds is 11. The minimum Gasteiger partial charge on any atom is -0.497 e. The summed E-state index contributed by atoms with van der Waals surface area (Å²) in [6, 6.07) is 33.7. The van der Waals surface area contributed by atoms with E-state index in [4.69, 9.17) is 23.7 Å². The number of aliphatic hydroxyl groups is 1. The maximum atomic E-state index is 13.4. The summed E-state index contributed by atoms with van der Waals surface area (Å²) in [6.45, 7) is 1.67. The van der Waals surface area contributed by atoms with Gasteiger partial charge in [-0.15, -0.1) is 0 Å². The Hall–Kier alpha value is -5.33. The quantitative estimate of drug-likeness (QED) is 0.189. The Morgan fingerprint density at radius 3 is 2.04 bits per heavy atom. The van der Waals surface area contributed by atoms with Gasteiger partial charge in [-0.1, -0.05) is 72.8 Å². The van der Waals surface area contributed by atoms with Crippen LogP contribution in [0.3, 0.4) is 0 Å². The van der Waals surface area contributed by atoms with E-state index in [1.807, 2.05) is 84.9 Å². The van der Waals surface area contributed by atoms with Crippen LogP contribution >= 0.6 is 0 Å². The third-order valence-electron chi connectivity index (χ3n) is 9.39. The third-order valence-corrected chi connectivity index (χ3v) is 9.39. The highest BCUT2D eigenvalue weighted by molar-refractivity contribution is 6.04. The van der Waals surface area contributed by atoms with E-state index in [-0.39, 0.29) is 24.9 Å². The zero-order chi connectivity index (χ0) is 34.9. The van der Waals surface area contributed by atoms with Crippen molar-refractivity contribution in [2.24, 2.45) is 0 Å². The van der Waals surface area contributed by atoms with Crippen LogP contribution in [0.15, 0.2) is 120 Å². The molecule has 50 heavy (non-hydrogen) atoms. The van der Waals surface area contributed by atoms with Crippen LogP contribution in [0.25, 0.3) is 0 Å². The summed E-state index contributed by atoms with van der Waals surface area (Å²) in [6.07, 6.45) is -1.43. The van der Waals surface area contributed by atoms with Gasteiger partial charge < -0.3 is 34.1 Å². The number of aliphatic hydroxyl groups excluding tert-OH is 1. The molecule has 0 saturated carbocycles. The van der Waals surface area contributed by atoms with Gasteiger partial charge in [0.2, 0.25) is 0 Å². The molecule has 5 aromatic rings. The first-order valence-corrected chi connectivity index (χ1v) is 16.2. The van der Waals surface area contributed by atoms with Gasteiger partial charge >= 0.3 is 5.69 Å². The predicted molar refractivity (Wildman–Crippen MR) is 184 cm³/mol. The highest BCUT2D eigenvalue weighted by atomic mass is 16.7. The maximum absolute atomic E-state index is 13.4. The molecule has 11 heteroatoms. The molecule has 11 nitrogen and oxygen atoms in total. The number of carbonyl (C=O) groups excluding carboxylic acids is 1. The Balaban J connectivity index is 1.22. The Morgan fingerprint density at radius 2 is 1.46 bits per heavy atom. The molecule has 4 atom stereocenters. The molecule has 0 unspecified atom stereocenters. The number of fused-ring (bicyclic) bond motifs is 2. The van der Waals surface area contributed by atoms with Crippen molar-refractivity contribution in [1.82, 2.24) is 9.55 Å². The Labute approximate surface area is 289 Å². The molecule has 0 spiro atoms. The lowest BCUT2D eigenvalue weighted by atomic mass is 9.79. The first-order chi connectivity index (χ1) is 24.3. The maximum Gasteiger partial charge on any atom is 0.351 e. The summed E-state index contributed by atoms with van der Waals surface area (Å²) >= 11 is 0. The molecule has 256 valence electrons. The van der Waals surface area contributed by atoms with Crippen molar-refractivity contribution in [3.8, 4) is 11.5 Å². The van der Waals surface area contributed by atoms with E-state index in [1.165, 1.54) is 4.57 Å². The van der Waals surface area contributed by atoms with Crippen molar-refractivity contribution in [2.45, 2.75) is 36.6 Å². The van der Waals surface area contributed by atoms with Crippen LogP contribution < -0.4 is 20.5 Å². The highest BCUT2D eigenvalue weighted by Gasteiger charge is 2.63. The Morgan fingerprint density at radius 1 is 0.900 bits per heavy atom. The van der Waals surface area contributed by atoms with E-state index in [9.17, 15) is 14.7 Å². The Bertz CT molecular complexity index is 1970. The van der Waals surface area contributed by atoms with Crippen LogP contribution in [0.2, 0.25) is 0 Å². The van der Waals surface area contributed by atoms with E-state index in [0.29, 0.717) is 22.6 Å². The summed E-state index contributed by atoms with van der Waals surface area (Å²) in [4.78, 5) is 30.3. The van der Waals surface area contributed by atoms with E-state index < -0.39 is 35.3 Å². The molecule has 3 heterocycles. The summed E-state index contributed by atoms with van der Waals surface area (Å²) < 4.78 is 31.9. The molecule has 2 saturated heterocycles. The van der Waals surface area contributed by atoms with Gasteiger partial charge in [-0.25, -0.2) is 4.79 Å². The van der Waals surface area contributed by atoms with Crippen LogP contribution in [0.1, 0.15) is 38.8 Å². The van der Waals surface area contributed by atoms with Crippen LogP contribution in [-0.2, 0) is 19.8 Å². The molecular formula is C39H37N3O8. The molecule has 0 aliphatic carbocycles. The van der Waals surface area contributed by atoms with Crippen molar-refractivity contribution < 1.29 is 33.6 Å². The minimum absolute atomic E-state index is 0.0395. The first kappa shape index (κ1) is 33.2. The number of amides is 1. The molecule has 1 amide bonds. The van der Waals surface area contributed by atoms with Crippen LogP contribution in [0.5, 0.6) is 11.5 Å². The second-order valence-electron chi connectivity index (χ2n) is 12.4. The second-order valence-corrected chi connectivity index (χ2v) is 12.4. The number of anilines is 1. The molecule has 0 radical (unpaired) electrons. The number of carbonyl (C=O) groups is 1. The van der Waals surface area contributed by atoms with Gasteiger partial charge in [-0.05, 0) is 60.0 Å². The van der Waals surface area contributed by atoms with E-state index in [2.05, 4.69) is 10.3 Å². The van der Waals surface area contributed by atoms with E-state index in [0.717, 1.165) is 16.7 Å². The lowest BCUT2D eigenvalue weighted by Gasteiger charge is -2.39. The molecule has 2 fully saturated rings. The average molecular weight is 676 g/mol. The van der Waals surface area contributed by atoms with E-state index >= 15 is 0 Å². The molecule has 7 rings (SSSR count). The normalized spacial score (nSPS) is 21.2. The van der Waals surface area contributed by atoms with Crippen LogP contribution in [0, 0.1) is 6.92 Å². The Kier molecular flexibility index (Phi) is 8.98. The number of methoxy groups -OCH3 is 2. The number of benzene rings is 4. The van der Waals surface area contributed by atoms with Crippen molar-refractivity contribution in [1.29, 1.82) is 0 Å². The molecule has 2 N–H and O–H groups in total. The number of aromatic nitrogens is 2. The smallest absolute Gasteiger partial charge is 0.351 e. The molecule has 2 aliphatic rings. The van der Waals surface area contributed by atoms with Crippen LogP contribution in [0.4, 0.5) is 5.82 Å². The predicted octanol–water partition coefficient (Wildman–Crippen LogP) is 4.86. The van der Waals surface area contributed by atoms with Gasteiger partial charge in [-0.3, -0.25) is 9.36 Å². The number of hydrogen-bond acceptors (Lipinski definition) is 9. The average Bonchev–Trinajstić information content (AvgIpc) is 3.62. The van der Waals surface area contributed by atoms with Crippen molar-refractivity contribution >= 4 is 11.7 Å². The summed E-state index contributed by atoms with van der Waals surface area (Å²) in [5, 5.41) is 14.4. The zero-order valence-electron chi connectivity index (χ0n) is 27.8. The topological polar surface area (TPSA) is 130 Å². The fourth-order valence-electron chi connectivity index (χ4n) is 6.69.